The smallest absolute Gasteiger partial charge is 0.343 e. The highest BCUT2D eigenvalue weighted by molar-refractivity contribution is 6.21. The predicted octanol–water partition coefficient (Wildman–Crippen LogP) is 3.70. The molecule has 3 aromatic carbocycles. The van der Waals surface area contributed by atoms with E-state index in [0.29, 0.717) is 28.0 Å². The second kappa shape index (κ2) is 6.88. The lowest BCUT2D eigenvalue weighted by Crippen LogP contribution is -2.29. The van der Waals surface area contributed by atoms with Crippen LogP contribution >= 0.6 is 0 Å². The molecule has 132 valence electrons. The molecule has 0 saturated heterocycles. The second-order valence-corrected chi connectivity index (χ2v) is 6.14. The van der Waals surface area contributed by atoms with Crippen molar-refractivity contribution in [2.24, 2.45) is 0 Å². The van der Waals surface area contributed by atoms with Gasteiger partial charge in [0, 0.05) is 0 Å². The van der Waals surface area contributed by atoms with Crippen molar-refractivity contribution in [1.82, 2.24) is 4.90 Å². The molecule has 0 fully saturated rings. The number of fused-ring (bicyclic) bond motifs is 1. The third kappa shape index (κ3) is 3.22. The van der Waals surface area contributed by atoms with E-state index < -0.39 is 5.97 Å². The van der Waals surface area contributed by atoms with Gasteiger partial charge in [-0.25, -0.2) is 4.79 Å². The molecule has 5 heteroatoms. The Hall–Kier alpha value is -3.73. The molecule has 0 atom stereocenters. The van der Waals surface area contributed by atoms with Crippen LogP contribution in [0.2, 0.25) is 0 Å². The minimum Gasteiger partial charge on any atom is -0.423 e. The maximum Gasteiger partial charge on any atom is 0.343 e. The molecule has 27 heavy (non-hydrogen) atoms. The fourth-order valence-electron chi connectivity index (χ4n) is 3.02. The average Bonchev–Trinajstić information content (AvgIpc) is 2.94. The van der Waals surface area contributed by atoms with Gasteiger partial charge in [-0.15, -0.1) is 0 Å². The van der Waals surface area contributed by atoms with Gasteiger partial charge < -0.3 is 4.74 Å². The highest BCUT2D eigenvalue weighted by Gasteiger charge is 2.34. The summed E-state index contributed by atoms with van der Waals surface area (Å²) in [5.74, 6) is -0.695. The third-order valence-corrected chi connectivity index (χ3v) is 4.34. The van der Waals surface area contributed by atoms with Crippen LogP contribution in [0.3, 0.4) is 0 Å². The zero-order valence-corrected chi connectivity index (χ0v) is 14.3. The SMILES string of the molecule is O=C(Oc1ccccc1)c1cccc(CN2C(=O)c3ccccc3C2=O)c1. The zero-order valence-electron chi connectivity index (χ0n) is 14.3. The van der Waals surface area contributed by atoms with Crippen LogP contribution in [0, 0.1) is 0 Å². The van der Waals surface area contributed by atoms with Gasteiger partial charge in [0.1, 0.15) is 5.75 Å². The molecule has 0 N–H and O–H groups in total. The Kier molecular flexibility index (Phi) is 4.26. The Bertz CT molecular complexity index is 1010. The summed E-state index contributed by atoms with van der Waals surface area (Å²) in [6.07, 6.45) is 0. The second-order valence-electron chi connectivity index (χ2n) is 6.14. The first-order chi connectivity index (χ1) is 13.1. The summed E-state index contributed by atoms with van der Waals surface area (Å²) in [6, 6.07) is 22.3. The quantitative estimate of drug-likeness (QED) is 0.406. The summed E-state index contributed by atoms with van der Waals surface area (Å²) in [5, 5.41) is 0. The molecule has 0 spiro atoms. The van der Waals surface area contributed by atoms with Gasteiger partial charge in [-0.05, 0) is 42.0 Å². The Morgan fingerprint density at radius 1 is 0.778 bits per heavy atom. The number of imide groups is 1. The Balaban J connectivity index is 1.53. The van der Waals surface area contributed by atoms with Crippen LogP contribution in [-0.2, 0) is 6.54 Å². The number of para-hydroxylation sites is 1. The van der Waals surface area contributed by atoms with Gasteiger partial charge >= 0.3 is 5.97 Å². The molecular weight excluding hydrogens is 342 g/mol. The van der Waals surface area contributed by atoms with Gasteiger partial charge in [-0.3, -0.25) is 14.5 Å². The maximum atomic E-state index is 12.5. The minimum absolute atomic E-state index is 0.0960. The van der Waals surface area contributed by atoms with E-state index in [0.717, 1.165) is 0 Å². The number of hydrogen-bond donors (Lipinski definition) is 0. The van der Waals surface area contributed by atoms with E-state index in [1.54, 1.807) is 72.8 Å². The summed E-state index contributed by atoms with van der Waals surface area (Å²) in [7, 11) is 0. The van der Waals surface area contributed by atoms with Crippen LogP contribution in [0.5, 0.6) is 5.75 Å². The lowest BCUT2D eigenvalue weighted by molar-refractivity contribution is 0.0642. The van der Waals surface area contributed by atoms with Crippen molar-refractivity contribution < 1.29 is 19.1 Å². The number of nitrogens with zero attached hydrogens (tertiary/aromatic N) is 1. The van der Waals surface area contributed by atoms with Gasteiger partial charge in [0.05, 0.1) is 23.2 Å². The predicted molar refractivity (Wildman–Crippen MR) is 98.5 cm³/mol. The van der Waals surface area contributed by atoms with Crippen LogP contribution in [0.4, 0.5) is 0 Å². The van der Waals surface area contributed by atoms with Crippen molar-refractivity contribution in [3.8, 4) is 5.75 Å². The summed E-state index contributed by atoms with van der Waals surface area (Å²) >= 11 is 0. The lowest BCUT2D eigenvalue weighted by atomic mass is 10.1. The first-order valence-corrected chi connectivity index (χ1v) is 8.45. The van der Waals surface area contributed by atoms with E-state index in [2.05, 4.69) is 0 Å². The van der Waals surface area contributed by atoms with Gasteiger partial charge in [0.25, 0.3) is 11.8 Å². The molecule has 0 aromatic heterocycles. The van der Waals surface area contributed by atoms with E-state index in [1.165, 1.54) is 4.90 Å². The lowest BCUT2D eigenvalue weighted by Gasteiger charge is -2.14. The van der Waals surface area contributed by atoms with Crippen LogP contribution in [-0.4, -0.2) is 22.7 Å². The van der Waals surface area contributed by atoms with Crippen molar-refractivity contribution in [2.45, 2.75) is 6.54 Å². The van der Waals surface area contributed by atoms with E-state index in [9.17, 15) is 14.4 Å². The van der Waals surface area contributed by atoms with E-state index >= 15 is 0 Å². The first kappa shape index (κ1) is 16.7. The maximum absolute atomic E-state index is 12.5. The largest absolute Gasteiger partial charge is 0.423 e. The molecule has 4 rings (SSSR count). The van der Waals surface area contributed by atoms with E-state index in [1.807, 2.05) is 6.07 Å². The van der Waals surface area contributed by atoms with E-state index in [4.69, 9.17) is 4.74 Å². The Morgan fingerprint density at radius 2 is 1.41 bits per heavy atom. The number of rotatable bonds is 4. The molecule has 1 heterocycles. The Morgan fingerprint density at radius 3 is 2.07 bits per heavy atom. The molecule has 5 nitrogen and oxygen atoms in total. The van der Waals surface area contributed by atoms with Crippen LogP contribution in [0.15, 0.2) is 78.9 Å². The fourth-order valence-corrected chi connectivity index (χ4v) is 3.02. The molecule has 3 aromatic rings. The molecule has 0 unspecified atom stereocenters. The molecule has 0 aliphatic carbocycles. The highest BCUT2D eigenvalue weighted by Crippen LogP contribution is 2.24. The molecule has 1 aliphatic rings. The number of benzene rings is 3. The van der Waals surface area contributed by atoms with Crippen molar-refractivity contribution in [3.63, 3.8) is 0 Å². The number of hydrogen-bond acceptors (Lipinski definition) is 4. The summed E-state index contributed by atoms with van der Waals surface area (Å²) in [4.78, 5) is 38.5. The van der Waals surface area contributed by atoms with Crippen molar-refractivity contribution >= 4 is 17.8 Å². The number of carbonyl (C=O) groups is 3. The van der Waals surface area contributed by atoms with Gasteiger partial charge in [0.15, 0.2) is 0 Å². The molecule has 0 saturated carbocycles. The van der Waals surface area contributed by atoms with Gasteiger partial charge in [-0.2, -0.15) is 0 Å². The molecule has 1 aliphatic heterocycles. The van der Waals surface area contributed by atoms with E-state index in [-0.39, 0.29) is 18.4 Å². The number of ether oxygens (including phenoxy) is 1. The van der Waals surface area contributed by atoms with Crippen LogP contribution in [0.1, 0.15) is 36.6 Å². The monoisotopic (exact) mass is 357 g/mol. The molecule has 0 bridgehead atoms. The van der Waals surface area contributed by atoms with Crippen molar-refractivity contribution in [2.75, 3.05) is 0 Å². The molecule has 2 amide bonds. The zero-order chi connectivity index (χ0) is 18.8. The molecular formula is C22H15NO4. The van der Waals surface area contributed by atoms with Gasteiger partial charge in [-0.1, -0.05) is 42.5 Å². The number of esters is 1. The number of amides is 2. The normalized spacial score (nSPS) is 12.8. The molecule has 0 radical (unpaired) electrons. The Labute approximate surface area is 155 Å². The first-order valence-electron chi connectivity index (χ1n) is 8.45. The van der Waals surface area contributed by atoms with Crippen molar-refractivity contribution in [1.29, 1.82) is 0 Å². The van der Waals surface area contributed by atoms with Gasteiger partial charge in [0.2, 0.25) is 0 Å². The number of carbonyl (C=O) groups excluding carboxylic acids is 3. The fraction of sp³-hybridized carbons (Fsp3) is 0.0455. The third-order valence-electron chi connectivity index (χ3n) is 4.34. The minimum atomic E-state index is -0.495. The summed E-state index contributed by atoms with van der Waals surface area (Å²) in [5.41, 5.74) is 1.84. The van der Waals surface area contributed by atoms with Crippen molar-refractivity contribution in [3.05, 3.63) is 101 Å². The summed E-state index contributed by atoms with van der Waals surface area (Å²) in [6.45, 7) is 0.0960. The van der Waals surface area contributed by atoms with Crippen LogP contribution in [0.25, 0.3) is 0 Å². The highest BCUT2D eigenvalue weighted by atomic mass is 16.5. The average molecular weight is 357 g/mol. The standard InChI is InChI=1S/C22H15NO4/c24-20-18-11-4-5-12-19(18)21(25)23(20)14-15-7-6-8-16(13-15)22(26)27-17-9-2-1-3-10-17/h1-13H,14H2. The summed E-state index contributed by atoms with van der Waals surface area (Å²) < 4.78 is 5.33. The topological polar surface area (TPSA) is 63.7 Å². The van der Waals surface area contributed by atoms with Crippen LogP contribution < -0.4 is 4.74 Å².